The minimum Gasteiger partial charge on any atom is -0.445 e. The molecule has 0 spiro atoms. The molecule has 1 unspecified atom stereocenters. The highest BCUT2D eigenvalue weighted by Crippen LogP contribution is 2.40. The number of nitrogens with one attached hydrogen (secondary N) is 1. The van der Waals surface area contributed by atoms with E-state index in [1.165, 1.54) is 11.8 Å². The molecule has 2 aliphatic rings. The van der Waals surface area contributed by atoms with Crippen LogP contribution < -0.4 is 10.2 Å². The van der Waals surface area contributed by atoms with Crippen molar-refractivity contribution in [3.05, 3.63) is 94.8 Å². The van der Waals surface area contributed by atoms with Gasteiger partial charge in [0.25, 0.3) is 11.8 Å². The van der Waals surface area contributed by atoms with Gasteiger partial charge in [-0.1, -0.05) is 54.1 Å². The molecule has 1 aromatic heterocycles. The van der Waals surface area contributed by atoms with Gasteiger partial charge < -0.3 is 29.0 Å². The number of carbonyl (C=O) groups is 3. The van der Waals surface area contributed by atoms with Gasteiger partial charge in [0.15, 0.2) is 0 Å². The van der Waals surface area contributed by atoms with Gasteiger partial charge in [0.05, 0.1) is 24.7 Å². The average Bonchev–Trinajstić information content (AvgIpc) is 3.54. The molecule has 6 rings (SSSR count). The summed E-state index contributed by atoms with van der Waals surface area (Å²) < 4.78 is 46.5. The summed E-state index contributed by atoms with van der Waals surface area (Å²) >= 11 is 7.49. The second kappa shape index (κ2) is 14.9. The molecular formula is C36H36ClF2N5O6S. The number of aromatic nitrogens is 2. The fourth-order valence-electron chi connectivity index (χ4n) is 5.75. The van der Waals surface area contributed by atoms with Crippen LogP contribution >= 0.6 is 23.4 Å². The number of likely N-dealkylation sites (tertiary alicyclic amines) is 1. The summed E-state index contributed by atoms with van der Waals surface area (Å²) in [5.41, 5.74) is 1.74. The molecule has 4 aromatic rings. The summed E-state index contributed by atoms with van der Waals surface area (Å²) in [5.74, 6) is -4.28. The van der Waals surface area contributed by atoms with Crippen molar-refractivity contribution in [1.82, 2.24) is 20.4 Å². The van der Waals surface area contributed by atoms with Crippen LogP contribution in [-0.4, -0.2) is 69.6 Å². The van der Waals surface area contributed by atoms with Crippen LogP contribution in [0.3, 0.4) is 0 Å². The quantitative estimate of drug-likeness (QED) is 0.203. The van der Waals surface area contributed by atoms with Crippen molar-refractivity contribution in [3.63, 3.8) is 0 Å². The van der Waals surface area contributed by atoms with Crippen LogP contribution in [0, 0.1) is 0 Å². The fourth-order valence-corrected chi connectivity index (χ4v) is 6.93. The number of amides is 3. The number of thioether (sulfide) groups is 1. The normalized spacial score (nSPS) is 18.8. The van der Waals surface area contributed by atoms with Gasteiger partial charge >= 0.3 is 12.2 Å². The van der Waals surface area contributed by atoms with Gasteiger partial charge in [0.1, 0.15) is 18.2 Å². The van der Waals surface area contributed by atoms with Crippen molar-refractivity contribution in [2.45, 2.75) is 68.7 Å². The van der Waals surface area contributed by atoms with Gasteiger partial charge in [-0.15, -0.1) is 22.0 Å². The van der Waals surface area contributed by atoms with E-state index in [0.717, 1.165) is 20.9 Å². The predicted octanol–water partition coefficient (Wildman–Crippen LogP) is 7.68. The van der Waals surface area contributed by atoms with E-state index in [4.69, 9.17) is 25.5 Å². The summed E-state index contributed by atoms with van der Waals surface area (Å²) in [6.45, 7) is 4.43. The van der Waals surface area contributed by atoms with Gasteiger partial charge in [-0.3, -0.25) is 4.79 Å². The zero-order valence-corrected chi connectivity index (χ0v) is 29.7. The van der Waals surface area contributed by atoms with Crippen molar-refractivity contribution in [2.75, 3.05) is 23.7 Å². The zero-order chi connectivity index (χ0) is 36.3. The number of benzene rings is 3. The number of alkyl halides is 2. The summed E-state index contributed by atoms with van der Waals surface area (Å²) in [6, 6.07) is 20.3. The van der Waals surface area contributed by atoms with Crippen molar-refractivity contribution in [1.29, 1.82) is 0 Å². The van der Waals surface area contributed by atoms with Crippen LogP contribution in [0.25, 0.3) is 11.5 Å². The number of piperidine rings is 1. The molecule has 3 aromatic carbocycles. The molecule has 0 bridgehead atoms. The van der Waals surface area contributed by atoms with Crippen molar-refractivity contribution < 1.29 is 37.1 Å². The number of ether oxygens (including phenoxy) is 2. The van der Waals surface area contributed by atoms with Gasteiger partial charge in [0.2, 0.25) is 11.8 Å². The predicted molar refractivity (Wildman–Crippen MR) is 187 cm³/mol. The Bertz CT molecular complexity index is 1890. The summed E-state index contributed by atoms with van der Waals surface area (Å²) in [7, 11) is 0. The van der Waals surface area contributed by atoms with E-state index in [1.807, 2.05) is 6.07 Å². The maximum Gasteiger partial charge on any atom is 0.410 e. The minimum absolute atomic E-state index is 0.0507. The molecule has 3 amide bonds. The molecule has 1 fully saturated rings. The molecule has 0 aliphatic carbocycles. The Hall–Kier alpha value is -4.69. The maximum atomic E-state index is 14.9. The van der Waals surface area contributed by atoms with E-state index in [2.05, 4.69) is 15.5 Å². The molecule has 11 nitrogen and oxygen atoms in total. The van der Waals surface area contributed by atoms with Crippen molar-refractivity contribution in [2.24, 2.45) is 0 Å². The van der Waals surface area contributed by atoms with E-state index in [0.29, 0.717) is 16.3 Å². The van der Waals surface area contributed by atoms with E-state index in [9.17, 15) is 23.2 Å². The van der Waals surface area contributed by atoms with Crippen LogP contribution in [0.4, 0.5) is 24.1 Å². The highest BCUT2D eigenvalue weighted by Gasteiger charge is 2.45. The van der Waals surface area contributed by atoms with Gasteiger partial charge in [-0.05, 0) is 62.2 Å². The first-order valence-electron chi connectivity index (χ1n) is 16.2. The highest BCUT2D eigenvalue weighted by molar-refractivity contribution is 7.99. The monoisotopic (exact) mass is 739 g/mol. The summed E-state index contributed by atoms with van der Waals surface area (Å²) in [5, 5.41) is 11.5. The summed E-state index contributed by atoms with van der Waals surface area (Å²) in [6.07, 6.45) is -2.17. The summed E-state index contributed by atoms with van der Waals surface area (Å²) in [4.78, 5) is 42.8. The largest absolute Gasteiger partial charge is 0.445 e. The van der Waals surface area contributed by atoms with Crippen molar-refractivity contribution in [3.8, 4) is 11.5 Å². The first-order chi connectivity index (χ1) is 24.2. The van der Waals surface area contributed by atoms with Crippen LogP contribution in [0.15, 0.2) is 82.1 Å². The number of hydrogen-bond acceptors (Lipinski definition) is 9. The van der Waals surface area contributed by atoms with Crippen LogP contribution in [0.2, 0.25) is 5.02 Å². The van der Waals surface area contributed by atoms with Crippen molar-refractivity contribution >= 4 is 47.1 Å². The third-order valence-corrected chi connectivity index (χ3v) is 9.48. The average molecular weight is 740 g/mol. The minimum atomic E-state index is -3.21. The number of halogens is 3. The Kier molecular flexibility index (Phi) is 10.5. The standard InChI is InChI=1S/C36H36ClF2N5O6S/c1-35(2,3)50-33(46)40-27-20-51-29-14-11-24(15-28(29)44(32(27)45)17-22-9-12-26(37)13-10-22)30-41-42-31(49-30)25-16-36(38,39)21-43(18-25)34(47)48-19-23-7-5-4-6-8-23/h4-15,25,27H,16-21H2,1-3H3,(H,40,46)/t25?,27-/m0/s1. The molecule has 2 aliphatic heterocycles. The fraction of sp³-hybridized carbons (Fsp3) is 0.361. The third kappa shape index (κ3) is 9.16. The SMILES string of the molecule is CC(C)(C)OC(=O)N[C@H]1CSc2ccc(-c3nnc(C4CN(C(=O)OCc5ccccc5)CC(F)(F)C4)o3)cc2N(Cc2ccc(Cl)cc2)C1=O. The Morgan fingerprint density at radius 1 is 1.06 bits per heavy atom. The lowest BCUT2D eigenvalue weighted by Crippen LogP contribution is -2.50. The number of carbonyl (C=O) groups excluding carboxylic acids is 3. The second-order valence-electron chi connectivity index (χ2n) is 13.4. The number of hydrogen-bond donors (Lipinski definition) is 1. The molecule has 3 heterocycles. The molecule has 0 radical (unpaired) electrons. The smallest absolute Gasteiger partial charge is 0.410 e. The molecular weight excluding hydrogens is 704 g/mol. The second-order valence-corrected chi connectivity index (χ2v) is 14.9. The van der Waals surface area contributed by atoms with Crippen LogP contribution in [-0.2, 0) is 27.4 Å². The zero-order valence-electron chi connectivity index (χ0n) is 28.1. The number of alkyl carbamates (subject to hydrolysis) is 1. The van der Waals surface area contributed by atoms with E-state index in [-0.39, 0.29) is 43.1 Å². The van der Waals surface area contributed by atoms with E-state index in [1.54, 1.807) is 92.4 Å². The highest BCUT2D eigenvalue weighted by atomic mass is 35.5. The van der Waals surface area contributed by atoms with E-state index < -0.39 is 48.6 Å². The van der Waals surface area contributed by atoms with Gasteiger partial charge in [-0.25, -0.2) is 18.4 Å². The molecule has 268 valence electrons. The Morgan fingerprint density at radius 2 is 1.80 bits per heavy atom. The molecule has 1 N–H and O–H groups in total. The van der Waals surface area contributed by atoms with Crippen LogP contribution in [0.5, 0.6) is 0 Å². The number of rotatable bonds is 7. The lowest BCUT2D eigenvalue weighted by molar-refractivity contribution is -0.120. The maximum absolute atomic E-state index is 14.9. The topological polar surface area (TPSA) is 127 Å². The first-order valence-corrected chi connectivity index (χ1v) is 17.6. The molecule has 2 atom stereocenters. The molecule has 51 heavy (non-hydrogen) atoms. The third-order valence-electron chi connectivity index (χ3n) is 8.07. The molecule has 0 saturated carbocycles. The van der Waals surface area contributed by atoms with Gasteiger partial charge in [-0.2, -0.15) is 0 Å². The van der Waals surface area contributed by atoms with E-state index >= 15 is 0 Å². The van der Waals surface area contributed by atoms with Gasteiger partial charge in [0, 0.05) is 34.2 Å². The number of fused-ring (bicyclic) bond motifs is 1. The Morgan fingerprint density at radius 3 is 2.53 bits per heavy atom. The first kappa shape index (κ1) is 36.1. The lowest BCUT2D eigenvalue weighted by atomic mass is 9.95. The molecule has 15 heteroatoms. The molecule has 1 saturated heterocycles. The number of nitrogens with zero attached hydrogens (tertiary/aromatic N) is 4. The Balaban J connectivity index is 1.24. The Labute approximate surface area is 302 Å². The number of anilines is 1. The van der Waals surface area contributed by atoms with Crippen LogP contribution in [0.1, 0.15) is 50.1 Å². The lowest BCUT2D eigenvalue weighted by Gasteiger charge is -2.35.